The number of allylic oxidation sites excluding steroid dienone is 8. The third kappa shape index (κ3) is 4.41. The van der Waals surface area contributed by atoms with Gasteiger partial charge in [-0.15, -0.1) is 0 Å². The second-order valence-corrected chi connectivity index (χ2v) is 37.9. The molecule has 118 valence electrons. The van der Waals surface area contributed by atoms with Crippen molar-refractivity contribution in [2.45, 2.75) is 39.8 Å². The molecule has 0 atom stereocenters. The molecule has 0 spiro atoms. The average molecular weight is 473 g/mol. The van der Waals surface area contributed by atoms with Crippen LogP contribution in [0.25, 0.3) is 0 Å². The first kappa shape index (κ1) is 20.8. The molecule has 0 aromatic heterocycles. The third-order valence-corrected chi connectivity index (χ3v) is 46.0. The molecule has 2 aliphatic carbocycles. The molecule has 0 aliphatic heterocycles. The molecule has 0 amide bonds. The van der Waals surface area contributed by atoms with E-state index in [2.05, 4.69) is 63.4 Å². The molecule has 0 unspecified atom stereocenters. The van der Waals surface area contributed by atoms with Crippen molar-refractivity contribution in [1.82, 2.24) is 0 Å². The predicted octanol–water partition coefficient (Wildman–Crippen LogP) is 3.51. The molecule has 2 nitrogen and oxygen atoms in total. The number of aliphatic hydroxyl groups is 2. The van der Waals surface area contributed by atoms with E-state index in [9.17, 15) is 0 Å². The summed E-state index contributed by atoms with van der Waals surface area (Å²) >= 11 is -2.51. The summed E-state index contributed by atoms with van der Waals surface area (Å²) in [4.78, 5) is 0. The Balaban J connectivity index is 0.000000921. The SMILES string of the molecule is CO.CO.C[C](C)=[Hf]([C]1=CC=CC1)([C]1=CC=CC1)=[Si](C)C. The van der Waals surface area contributed by atoms with Crippen LogP contribution in [0, 0.1) is 0 Å². The topological polar surface area (TPSA) is 40.5 Å². The Morgan fingerprint density at radius 2 is 1.29 bits per heavy atom. The zero-order chi connectivity index (χ0) is 16.5. The Morgan fingerprint density at radius 3 is 1.48 bits per heavy atom. The predicted molar refractivity (Wildman–Crippen MR) is 93.8 cm³/mol. The van der Waals surface area contributed by atoms with Gasteiger partial charge >= 0.3 is 110 Å². The van der Waals surface area contributed by atoms with Gasteiger partial charge in [0.1, 0.15) is 0 Å². The van der Waals surface area contributed by atoms with Gasteiger partial charge in [-0.1, -0.05) is 0 Å². The summed E-state index contributed by atoms with van der Waals surface area (Å²) < 4.78 is 5.47. The van der Waals surface area contributed by atoms with Crippen LogP contribution in [0.1, 0.15) is 26.7 Å². The first-order valence-electron chi connectivity index (χ1n) is 7.33. The first-order valence-corrected chi connectivity index (χ1v) is 20.6. The number of hydrogen-bond donors (Lipinski definition) is 2. The van der Waals surface area contributed by atoms with E-state index in [0.29, 0.717) is 0 Å². The third-order valence-electron chi connectivity index (χ3n) is 4.01. The summed E-state index contributed by atoms with van der Waals surface area (Å²) in [5, 5.41) is 14.0. The number of aliphatic hydroxyl groups excluding tert-OH is 2. The molecule has 2 N–H and O–H groups in total. The number of rotatable bonds is 2. The van der Waals surface area contributed by atoms with Crippen molar-refractivity contribution < 1.29 is 28.3 Å². The summed E-state index contributed by atoms with van der Waals surface area (Å²) in [5.41, 5.74) is -0.229. The molecular formula is C17H30HfO2Si. The van der Waals surface area contributed by atoms with Crippen molar-refractivity contribution in [2.24, 2.45) is 0 Å². The molecule has 0 radical (unpaired) electrons. The van der Waals surface area contributed by atoms with E-state index in [-0.39, 0.29) is 5.49 Å². The van der Waals surface area contributed by atoms with Crippen LogP contribution in [0.15, 0.2) is 43.1 Å². The fourth-order valence-electron chi connectivity index (χ4n) is 3.44. The van der Waals surface area contributed by atoms with Gasteiger partial charge in [0.05, 0.1) is 0 Å². The zero-order valence-corrected chi connectivity index (χ0v) is 18.9. The summed E-state index contributed by atoms with van der Waals surface area (Å²) in [6, 6.07) is 0. The second-order valence-electron chi connectivity index (χ2n) is 5.40. The molecular weight excluding hydrogens is 443 g/mol. The van der Waals surface area contributed by atoms with Crippen LogP contribution in [0.3, 0.4) is 0 Å². The van der Waals surface area contributed by atoms with Crippen molar-refractivity contribution in [1.29, 1.82) is 0 Å². The van der Waals surface area contributed by atoms with Crippen molar-refractivity contribution in [3.8, 4) is 0 Å². The monoisotopic (exact) mass is 474 g/mol. The molecule has 0 aromatic carbocycles. The van der Waals surface area contributed by atoms with Gasteiger partial charge in [0.2, 0.25) is 0 Å². The Morgan fingerprint density at radius 1 is 0.905 bits per heavy atom. The minimum absolute atomic E-state index is 0.229. The second kappa shape index (κ2) is 10.5. The van der Waals surface area contributed by atoms with Gasteiger partial charge in [0.15, 0.2) is 0 Å². The molecule has 0 saturated heterocycles. The Kier molecular flexibility index (Phi) is 10.5. The molecule has 0 aromatic rings. The van der Waals surface area contributed by atoms with Crippen LogP contribution in [0.2, 0.25) is 13.1 Å². The van der Waals surface area contributed by atoms with Crippen LogP contribution < -0.4 is 0 Å². The Labute approximate surface area is 133 Å². The van der Waals surface area contributed by atoms with Crippen LogP contribution in [-0.4, -0.2) is 33.2 Å². The molecule has 0 heterocycles. The van der Waals surface area contributed by atoms with E-state index in [0.717, 1.165) is 14.2 Å². The maximum atomic E-state index is 7.00. The summed E-state index contributed by atoms with van der Waals surface area (Å²) in [7, 11) is 2.00. The molecule has 0 saturated carbocycles. The standard InChI is InChI=1S/2C5H5.C3H6.C2H6Si.2CH4O.Hf/c2*1-2-4-5-3-1;2*1-3-2;2*1-2;/h2*1-3H,4H2;2*1-2H3;2*2H,1H3;. The van der Waals surface area contributed by atoms with E-state index in [1.807, 2.05) is 6.66 Å². The first-order chi connectivity index (χ1) is 10.1. The van der Waals surface area contributed by atoms with Crippen molar-refractivity contribution in [3.63, 3.8) is 0 Å². The Bertz CT molecular complexity index is 520. The summed E-state index contributed by atoms with van der Waals surface area (Å²) in [5.74, 6) is 0. The van der Waals surface area contributed by atoms with Gasteiger partial charge in [0.25, 0.3) is 0 Å². The molecule has 2 aliphatic rings. The fourth-order valence-corrected chi connectivity index (χ4v) is 45.0. The van der Waals surface area contributed by atoms with Crippen molar-refractivity contribution >= 4 is 8.75 Å². The van der Waals surface area contributed by atoms with Crippen LogP contribution in [-0.2, 0) is 18.1 Å². The van der Waals surface area contributed by atoms with E-state index in [1.54, 1.807) is 3.26 Å². The normalized spacial score (nSPS) is 14.7. The quantitative estimate of drug-likeness (QED) is 0.604. The maximum absolute atomic E-state index is 7.00. The van der Waals surface area contributed by atoms with Crippen LogP contribution in [0.5, 0.6) is 0 Å². The van der Waals surface area contributed by atoms with Gasteiger partial charge in [0, 0.05) is 14.2 Å². The zero-order valence-electron chi connectivity index (χ0n) is 14.3. The molecule has 21 heavy (non-hydrogen) atoms. The van der Waals surface area contributed by atoms with Crippen molar-refractivity contribution in [3.05, 3.63) is 43.1 Å². The van der Waals surface area contributed by atoms with Crippen LogP contribution in [0.4, 0.5) is 0 Å². The van der Waals surface area contributed by atoms with Gasteiger partial charge < -0.3 is 10.2 Å². The van der Waals surface area contributed by atoms with Crippen LogP contribution >= 0.6 is 0 Å². The van der Waals surface area contributed by atoms with Gasteiger partial charge in [-0.25, -0.2) is 0 Å². The average Bonchev–Trinajstić information content (AvgIpc) is 3.17. The molecule has 0 fully saturated rings. The Hall–Kier alpha value is -0.163. The minimum atomic E-state index is -2.51. The van der Waals surface area contributed by atoms with E-state index < -0.39 is 18.1 Å². The van der Waals surface area contributed by atoms with Gasteiger partial charge in [-0.05, 0) is 0 Å². The van der Waals surface area contributed by atoms with E-state index in [1.165, 1.54) is 12.8 Å². The molecule has 2 rings (SSSR count). The van der Waals surface area contributed by atoms with E-state index >= 15 is 0 Å². The molecule has 4 heteroatoms. The summed E-state index contributed by atoms with van der Waals surface area (Å²) in [6.07, 6.45) is 16.6. The van der Waals surface area contributed by atoms with Crippen molar-refractivity contribution in [2.75, 3.05) is 14.2 Å². The van der Waals surface area contributed by atoms with Gasteiger partial charge in [-0.2, -0.15) is 0 Å². The van der Waals surface area contributed by atoms with Gasteiger partial charge in [-0.3, -0.25) is 0 Å². The van der Waals surface area contributed by atoms with E-state index in [4.69, 9.17) is 10.2 Å². The number of hydrogen-bond acceptors (Lipinski definition) is 2. The summed E-state index contributed by atoms with van der Waals surface area (Å²) in [6.45, 7) is 9.93. The molecule has 0 bridgehead atoms. The fraction of sp³-hybridized carbons (Fsp3) is 0.471.